The van der Waals surface area contributed by atoms with Gasteiger partial charge in [0.25, 0.3) is 0 Å². The van der Waals surface area contributed by atoms with E-state index in [4.69, 9.17) is 16.6 Å². The van der Waals surface area contributed by atoms with E-state index in [1.165, 1.54) is 11.1 Å². The third-order valence-corrected chi connectivity index (χ3v) is 4.62. The van der Waals surface area contributed by atoms with E-state index in [9.17, 15) is 0 Å². The van der Waals surface area contributed by atoms with Gasteiger partial charge in [0, 0.05) is 16.9 Å². The van der Waals surface area contributed by atoms with Gasteiger partial charge in [-0.15, -0.1) is 34.9 Å². The first kappa shape index (κ1) is 18.7. The van der Waals surface area contributed by atoms with Crippen LogP contribution < -0.4 is 4.80 Å². The van der Waals surface area contributed by atoms with Crippen LogP contribution >= 0.6 is 39.9 Å². The van der Waals surface area contributed by atoms with Crippen molar-refractivity contribution >= 4 is 45.6 Å². The van der Waals surface area contributed by atoms with Gasteiger partial charge in [-0.1, -0.05) is 47.5 Å². The Labute approximate surface area is 161 Å². The van der Waals surface area contributed by atoms with Gasteiger partial charge < -0.3 is 4.57 Å². The molecule has 0 saturated carbocycles. The lowest BCUT2D eigenvalue weighted by atomic mass is 10.1. The topological polar surface area (TPSA) is 17.3 Å². The Bertz CT molecular complexity index is 877. The molecule has 0 aliphatic heterocycles. The van der Waals surface area contributed by atoms with Crippen molar-refractivity contribution in [1.29, 1.82) is 0 Å². The lowest BCUT2D eigenvalue weighted by molar-refractivity contribution is 0.800. The number of benzene rings is 2. The second-order valence-corrected chi connectivity index (χ2v) is 6.53. The second kappa shape index (κ2) is 8.47. The monoisotopic (exact) mass is 420 g/mol. The van der Waals surface area contributed by atoms with Crippen molar-refractivity contribution in [2.75, 3.05) is 0 Å². The fraction of sp³-hybridized carbons (Fsp3) is 0.105. The lowest BCUT2D eigenvalue weighted by Crippen LogP contribution is -2.14. The van der Waals surface area contributed by atoms with E-state index in [0.717, 1.165) is 27.8 Å². The Morgan fingerprint density at radius 3 is 2.42 bits per heavy atom. The maximum atomic E-state index is 5.94. The normalized spacial score (nSPS) is 11.2. The summed E-state index contributed by atoms with van der Waals surface area (Å²) in [4.78, 5) is 5.69. The highest BCUT2D eigenvalue weighted by atomic mass is 79.9. The molecule has 0 radical (unpaired) electrons. The summed E-state index contributed by atoms with van der Waals surface area (Å²) in [5.74, 6) is 0. The second-order valence-electron chi connectivity index (χ2n) is 5.26. The first-order valence-electron chi connectivity index (χ1n) is 7.34. The number of nitrogens with zero attached hydrogens (tertiary/aromatic N) is 2. The maximum absolute atomic E-state index is 5.94. The van der Waals surface area contributed by atoms with Crippen molar-refractivity contribution in [2.24, 2.45) is 4.99 Å². The number of hydrogen-bond donors (Lipinski definition) is 0. The number of halogens is 2. The lowest BCUT2D eigenvalue weighted by Gasteiger charge is -2.07. The van der Waals surface area contributed by atoms with Crippen LogP contribution in [0.4, 0.5) is 5.69 Å². The van der Waals surface area contributed by atoms with E-state index in [2.05, 4.69) is 47.7 Å². The van der Waals surface area contributed by atoms with Crippen LogP contribution in [0.15, 0.2) is 71.6 Å². The number of hydrogen-bond acceptors (Lipinski definition) is 2. The quantitative estimate of drug-likeness (QED) is 0.448. The average molecular weight is 422 g/mol. The Morgan fingerprint density at radius 1 is 1.12 bits per heavy atom. The minimum absolute atomic E-state index is 0. The number of aryl methyl sites for hydroxylation is 1. The molecule has 24 heavy (non-hydrogen) atoms. The van der Waals surface area contributed by atoms with Gasteiger partial charge in [0.2, 0.25) is 0 Å². The molecule has 0 bridgehead atoms. The van der Waals surface area contributed by atoms with Crippen LogP contribution in [-0.2, 0) is 6.54 Å². The van der Waals surface area contributed by atoms with Crippen molar-refractivity contribution in [1.82, 2.24) is 4.57 Å². The van der Waals surface area contributed by atoms with Gasteiger partial charge in [-0.25, -0.2) is 4.99 Å². The standard InChI is InChI=1S/C19H17ClN2S.BrH/c1-3-12-22-18(15-6-4-14(2)5-7-15)13-23-19(22)21-17-10-8-16(20)9-11-17;/h3-11,13H,1,12H2,2H3;1H. The molecule has 2 aromatic carbocycles. The van der Waals surface area contributed by atoms with Crippen LogP contribution in [0.1, 0.15) is 5.56 Å². The first-order chi connectivity index (χ1) is 11.2. The van der Waals surface area contributed by atoms with Crippen molar-refractivity contribution in [2.45, 2.75) is 13.5 Å². The van der Waals surface area contributed by atoms with Gasteiger partial charge in [-0.2, -0.15) is 0 Å². The highest BCUT2D eigenvalue weighted by Crippen LogP contribution is 2.22. The predicted octanol–water partition coefficient (Wildman–Crippen LogP) is 6.17. The van der Waals surface area contributed by atoms with E-state index in [-0.39, 0.29) is 17.0 Å². The van der Waals surface area contributed by atoms with Crippen molar-refractivity contribution in [3.63, 3.8) is 0 Å². The van der Waals surface area contributed by atoms with Crippen molar-refractivity contribution < 1.29 is 0 Å². The predicted molar refractivity (Wildman–Crippen MR) is 110 cm³/mol. The minimum Gasteiger partial charge on any atom is -0.313 e. The highest BCUT2D eigenvalue weighted by molar-refractivity contribution is 8.93. The minimum atomic E-state index is 0. The third kappa shape index (κ3) is 4.26. The number of rotatable bonds is 4. The zero-order chi connectivity index (χ0) is 16.2. The average Bonchev–Trinajstić information content (AvgIpc) is 2.94. The molecule has 3 aromatic rings. The number of allylic oxidation sites excluding steroid dienone is 1. The zero-order valence-corrected chi connectivity index (χ0v) is 16.6. The molecule has 1 heterocycles. The molecule has 2 nitrogen and oxygen atoms in total. The van der Waals surface area contributed by atoms with E-state index in [1.807, 2.05) is 30.3 Å². The summed E-state index contributed by atoms with van der Waals surface area (Å²) < 4.78 is 2.18. The summed E-state index contributed by atoms with van der Waals surface area (Å²) >= 11 is 7.56. The van der Waals surface area contributed by atoms with Crippen LogP contribution in [0.2, 0.25) is 5.02 Å². The summed E-state index contributed by atoms with van der Waals surface area (Å²) in [6, 6.07) is 16.1. The van der Waals surface area contributed by atoms with Crippen LogP contribution in [0, 0.1) is 6.92 Å². The Morgan fingerprint density at radius 2 is 1.79 bits per heavy atom. The molecule has 1 aromatic heterocycles. The third-order valence-electron chi connectivity index (χ3n) is 3.51. The Hall–Kier alpha value is -1.62. The molecule has 0 atom stereocenters. The molecular weight excluding hydrogens is 404 g/mol. The molecule has 0 aliphatic carbocycles. The van der Waals surface area contributed by atoms with Crippen LogP contribution in [0.5, 0.6) is 0 Å². The first-order valence-corrected chi connectivity index (χ1v) is 8.59. The van der Waals surface area contributed by atoms with E-state index in [0.29, 0.717) is 0 Å². The Kier molecular flexibility index (Phi) is 6.60. The van der Waals surface area contributed by atoms with Gasteiger partial charge >= 0.3 is 0 Å². The van der Waals surface area contributed by atoms with E-state index < -0.39 is 0 Å². The zero-order valence-electron chi connectivity index (χ0n) is 13.3. The maximum Gasteiger partial charge on any atom is 0.190 e. The summed E-state index contributed by atoms with van der Waals surface area (Å²) in [5, 5.41) is 2.86. The molecule has 0 saturated heterocycles. The van der Waals surface area contributed by atoms with E-state index in [1.54, 1.807) is 11.3 Å². The molecule has 0 spiro atoms. The molecule has 0 amide bonds. The van der Waals surface area contributed by atoms with Crippen molar-refractivity contribution in [3.05, 3.63) is 82.0 Å². The summed E-state index contributed by atoms with van der Waals surface area (Å²) in [6.45, 7) is 6.68. The van der Waals surface area contributed by atoms with Crippen LogP contribution in [-0.4, -0.2) is 4.57 Å². The molecule has 124 valence electrons. The molecule has 3 rings (SSSR count). The molecular formula is C19H18BrClN2S. The van der Waals surface area contributed by atoms with Gasteiger partial charge in [0.1, 0.15) is 0 Å². The van der Waals surface area contributed by atoms with E-state index >= 15 is 0 Å². The SMILES string of the molecule is Br.C=CCn1c(-c2ccc(C)cc2)csc1=Nc1ccc(Cl)cc1. The van der Waals surface area contributed by atoms with Crippen molar-refractivity contribution in [3.8, 4) is 11.3 Å². The fourth-order valence-corrected chi connectivity index (χ4v) is 3.37. The van der Waals surface area contributed by atoms with Gasteiger partial charge in [0.05, 0.1) is 11.4 Å². The van der Waals surface area contributed by atoms with Crippen LogP contribution in [0.25, 0.3) is 11.3 Å². The van der Waals surface area contributed by atoms with Gasteiger partial charge in [-0.05, 0) is 36.8 Å². The highest BCUT2D eigenvalue weighted by Gasteiger charge is 2.07. The summed E-state index contributed by atoms with van der Waals surface area (Å²) in [5.41, 5.74) is 4.49. The number of thiazole rings is 1. The largest absolute Gasteiger partial charge is 0.313 e. The summed E-state index contributed by atoms with van der Waals surface area (Å²) in [7, 11) is 0. The number of aromatic nitrogens is 1. The van der Waals surface area contributed by atoms with Crippen LogP contribution in [0.3, 0.4) is 0 Å². The molecule has 0 aliphatic rings. The Balaban J connectivity index is 0.00000208. The molecule has 5 heteroatoms. The molecule has 0 N–H and O–H groups in total. The molecule has 0 unspecified atom stereocenters. The molecule has 0 fully saturated rings. The van der Waals surface area contributed by atoms with Gasteiger partial charge in [-0.3, -0.25) is 0 Å². The fourth-order valence-electron chi connectivity index (χ4n) is 2.31. The summed E-state index contributed by atoms with van der Waals surface area (Å²) in [6.07, 6.45) is 1.89. The smallest absolute Gasteiger partial charge is 0.190 e. The van der Waals surface area contributed by atoms with Gasteiger partial charge in [0.15, 0.2) is 4.80 Å².